The fourth-order valence-corrected chi connectivity index (χ4v) is 2.86. The van der Waals surface area contributed by atoms with Crippen LogP contribution in [0, 0.1) is 6.92 Å². The highest BCUT2D eigenvalue weighted by Gasteiger charge is 2.28. The number of nitrogens with zero attached hydrogens (tertiary/aromatic N) is 2. The summed E-state index contributed by atoms with van der Waals surface area (Å²) in [5, 5.41) is 16.7. The van der Waals surface area contributed by atoms with Crippen LogP contribution in [0.2, 0.25) is 0 Å². The Labute approximate surface area is 119 Å². The van der Waals surface area contributed by atoms with Gasteiger partial charge in [0.1, 0.15) is 0 Å². The summed E-state index contributed by atoms with van der Waals surface area (Å²) in [6.07, 6.45) is 0.267. The third-order valence-corrected chi connectivity index (χ3v) is 3.87. The molecule has 1 aliphatic rings. The van der Waals surface area contributed by atoms with Gasteiger partial charge >= 0.3 is 0 Å². The van der Waals surface area contributed by atoms with Crippen molar-refractivity contribution >= 4 is 15.9 Å². The fraction of sp³-hybridized carbons (Fsp3) is 0.385. The predicted octanol–water partition coefficient (Wildman–Crippen LogP) is 2.20. The molecule has 5 nitrogen and oxygen atoms in total. The minimum atomic E-state index is -0.341. The van der Waals surface area contributed by atoms with Crippen molar-refractivity contribution in [3.8, 4) is 11.4 Å². The zero-order valence-corrected chi connectivity index (χ0v) is 12.0. The third kappa shape index (κ3) is 2.56. The molecule has 1 saturated heterocycles. The number of rotatable bonds is 2. The molecule has 0 unspecified atom stereocenters. The number of aliphatic hydroxyl groups excluding tert-OH is 1. The van der Waals surface area contributed by atoms with E-state index >= 15 is 0 Å². The van der Waals surface area contributed by atoms with Gasteiger partial charge in [-0.15, -0.1) is 0 Å². The number of nitrogens with one attached hydrogen (secondary N) is 1. The number of hydrogen-bond donors (Lipinski definition) is 2. The average Bonchev–Trinajstić information content (AvgIpc) is 2.97. The number of aryl methyl sites for hydroxylation is 1. The highest BCUT2D eigenvalue weighted by molar-refractivity contribution is 9.10. The van der Waals surface area contributed by atoms with E-state index in [1.807, 2.05) is 25.1 Å². The molecule has 1 aromatic heterocycles. The minimum Gasteiger partial charge on any atom is -0.392 e. The Bertz CT molecular complexity index is 599. The van der Waals surface area contributed by atoms with Gasteiger partial charge in [0.05, 0.1) is 12.1 Å². The van der Waals surface area contributed by atoms with Crippen molar-refractivity contribution in [1.29, 1.82) is 0 Å². The number of hydrogen-bond acceptors (Lipinski definition) is 5. The monoisotopic (exact) mass is 323 g/mol. The van der Waals surface area contributed by atoms with E-state index in [9.17, 15) is 5.11 Å². The molecule has 3 rings (SSSR count). The molecule has 100 valence electrons. The van der Waals surface area contributed by atoms with Gasteiger partial charge < -0.3 is 14.9 Å². The highest BCUT2D eigenvalue weighted by Crippen LogP contribution is 2.29. The summed E-state index contributed by atoms with van der Waals surface area (Å²) < 4.78 is 6.22. The van der Waals surface area contributed by atoms with Crippen LogP contribution in [0.4, 0.5) is 0 Å². The van der Waals surface area contributed by atoms with Crippen LogP contribution in [0.15, 0.2) is 27.2 Å². The van der Waals surface area contributed by atoms with Crippen molar-refractivity contribution in [2.24, 2.45) is 0 Å². The first kappa shape index (κ1) is 12.8. The molecule has 2 atom stereocenters. The number of aromatic nitrogens is 2. The Balaban J connectivity index is 1.88. The molecule has 19 heavy (non-hydrogen) atoms. The van der Waals surface area contributed by atoms with Gasteiger partial charge in [0.25, 0.3) is 0 Å². The lowest BCUT2D eigenvalue weighted by molar-refractivity contribution is 0.191. The molecule has 1 fully saturated rings. The zero-order chi connectivity index (χ0) is 13.4. The summed E-state index contributed by atoms with van der Waals surface area (Å²) in [6, 6.07) is 5.93. The van der Waals surface area contributed by atoms with Gasteiger partial charge in [-0.3, -0.25) is 0 Å². The second-order valence-electron chi connectivity index (χ2n) is 4.79. The summed E-state index contributed by atoms with van der Waals surface area (Å²) in [5.74, 6) is 1.09. The lowest BCUT2D eigenvalue weighted by Crippen LogP contribution is -2.15. The van der Waals surface area contributed by atoms with Crippen LogP contribution in [-0.2, 0) is 0 Å². The summed E-state index contributed by atoms with van der Waals surface area (Å²) in [5.41, 5.74) is 2.07. The third-order valence-electron chi connectivity index (χ3n) is 3.21. The summed E-state index contributed by atoms with van der Waals surface area (Å²) in [6.45, 7) is 2.59. The van der Waals surface area contributed by atoms with E-state index in [2.05, 4.69) is 31.4 Å². The second kappa shape index (κ2) is 5.03. The maximum atomic E-state index is 9.50. The lowest BCUT2D eigenvalue weighted by atomic mass is 10.1. The van der Waals surface area contributed by atoms with E-state index < -0.39 is 0 Å². The van der Waals surface area contributed by atoms with Gasteiger partial charge in [-0.2, -0.15) is 4.98 Å². The molecular weight excluding hydrogens is 310 g/mol. The lowest BCUT2D eigenvalue weighted by Gasteiger charge is -2.02. The Morgan fingerprint density at radius 1 is 1.47 bits per heavy atom. The number of halogens is 1. The second-order valence-corrected chi connectivity index (χ2v) is 5.64. The van der Waals surface area contributed by atoms with Crippen LogP contribution in [0.5, 0.6) is 0 Å². The fourth-order valence-electron chi connectivity index (χ4n) is 2.19. The average molecular weight is 324 g/mol. The molecule has 2 heterocycles. The van der Waals surface area contributed by atoms with Crippen LogP contribution in [0.25, 0.3) is 11.4 Å². The van der Waals surface area contributed by atoms with Crippen molar-refractivity contribution in [2.75, 3.05) is 6.54 Å². The summed E-state index contributed by atoms with van der Waals surface area (Å²) in [4.78, 5) is 4.41. The predicted molar refractivity (Wildman–Crippen MR) is 73.5 cm³/mol. The molecule has 2 N–H and O–H groups in total. The van der Waals surface area contributed by atoms with E-state index in [1.54, 1.807) is 0 Å². The molecule has 0 aliphatic carbocycles. The van der Waals surface area contributed by atoms with Crippen LogP contribution in [0.3, 0.4) is 0 Å². The SMILES string of the molecule is Cc1ccc(-c2noc([C@@H]3C[C@H](O)CN3)n2)c(Br)c1. The maximum Gasteiger partial charge on any atom is 0.244 e. The van der Waals surface area contributed by atoms with Crippen LogP contribution in [-0.4, -0.2) is 27.9 Å². The highest BCUT2D eigenvalue weighted by atomic mass is 79.9. The van der Waals surface area contributed by atoms with Crippen LogP contribution >= 0.6 is 15.9 Å². The number of aliphatic hydroxyl groups is 1. The van der Waals surface area contributed by atoms with Crippen LogP contribution < -0.4 is 5.32 Å². The molecule has 1 aliphatic heterocycles. The summed E-state index contributed by atoms with van der Waals surface area (Å²) in [7, 11) is 0. The molecule has 0 bridgehead atoms. The van der Waals surface area contributed by atoms with Crippen molar-refractivity contribution < 1.29 is 9.63 Å². The van der Waals surface area contributed by atoms with Gasteiger partial charge in [-0.25, -0.2) is 0 Å². The maximum absolute atomic E-state index is 9.50. The first-order valence-corrected chi connectivity index (χ1v) is 6.94. The first-order valence-electron chi connectivity index (χ1n) is 6.15. The van der Waals surface area contributed by atoms with Gasteiger partial charge in [-0.1, -0.05) is 27.2 Å². The molecule has 1 aromatic carbocycles. The molecule has 2 aromatic rings. The Hall–Kier alpha value is -1.24. The zero-order valence-electron chi connectivity index (χ0n) is 10.4. The van der Waals surface area contributed by atoms with E-state index in [0.29, 0.717) is 24.7 Å². The topological polar surface area (TPSA) is 71.2 Å². The van der Waals surface area contributed by atoms with E-state index in [-0.39, 0.29) is 12.1 Å². The standard InChI is InChI=1S/C13H14BrN3O2/c1-7-2-3-9(10(14)4-7)12-16-13(19-17-12)11-5-8(18)6-15-11/h2-4,8,11,15,18H,5-6H2,1H3/t8-,11-/m0/s1. The van der Waals surface area contributed by atoms with Crippen LogP contribution in [0.1, 0.15) is 23.9 Å². The number of β-amino-alcohol motifs (C(OH)–C–C–N with tert-alkyl or cyclic N) is 1. The van der Waals surface area contributed by atoms with E-state index in [1.165, 1.54) is 5.56 Å². The normalized spacial score (nSPS) is 22.9. The van der Waals surface area contributed by atoms with Crippen molar-refractivity contribution in [3.05, 3.63) is 34.1 Å². The van der Waals surface area contributed by atoms with Gasteiger partial charge in [0.15, 0.2) is 0 Å². The van der Waals surface area contributed by atoms with Gasteiger partial charge in [-0.05, 0) is 31.0 Å². The molecular formula is C13H14BrN3O2. The van der Waals surface area contributed by atoms with Crippen molar-refractivity contribution in [1.82, 2.24) is 15.5 Å². The van der Waals surface area contributed by atoms with E-state index in [4.69, 9.17) is 4.52 Å². The summed E-state index contributed by atoms with van der Waals surface area (Å²) >= 11 is 3.51. The van der Waals surface area contributed by atoms with Gasteiger partial charge in [0, 0.05) is 16.6 Å². The van der Waals surface area contributed by atoms with Crippen molar-refractivity contribution in [2.45, 2.75) is 25.5 Å². The molecule has 0 saturated carbocycles. The molecule has 0 spiro atoms. The molecule has 6 heteroatoms. The van der Waals surface area contributed by atoms with Gasteiger partial charge in [0.2, 0.25) is 11.7 Å². The Morgan fingerprint density at radius 3 is 3.00 bits per heavy atom. The Kier molecular flexibility index (Phi) is 3.38. The largest absolute Gasteiger partial charge is 0.392 e. The molecule has 0 radical (unpaired) electrons. The quantitative estimate of drug-likeness (QED) is 0.886. The van der Waals surface area contributed by atoms with Crippen molar-refractivity contribution in [3.63, 3.8) is 0 Å². The van der Waals surface area contributed by atoms with E-state index in [0.717, 1.165) is 10.0 Å². The minimum absolute atomic E-state index is 0.0551. The number of benzene rings is 1. The smallest absolute Gasteiger partial charge is 0.244 e. The Morgan fingerprint density at radius 2 is 2.32 bits per heavy atom. The first-order chi connectivity index (χ1) is 9.13. The molecule has 0 amide bonds.